The van der Waals surface area contributed by atoms with Crippen LogP contribution in [0.5, 0.6) is 5.75 Å². The summed E-state index contributed by atoms with van der Waals surface area (Å²) in [4.78, 5) is 20.3. The van der Waals surface area contributed by atoms with Crippen molar-refractivity contribution in [3.63, 3.8) is 0 Å². The molecule has 1 aromatic rings. The van der Waals surface area contributed by atoms with Crippen molar-refractivity contribution in [2.45, 2.75) is 12.5 Å². The predicted octanol–water partition coefficient (Wildman–Crippen LogP) is -1.80. The van der Waals surface area contributed by atoms with Crippen LogP contribution in [0.4, 0.5) is 5.69 Å². The highest BCUT2D eigenvalue weighted by Gasteiger charge is 2.15. The van der Waals surface area contributed by atoms with E-state index in [1.165, 1.54) is 0 Å². The molecule has 0 fully saturated rings. The minimum absolute atomic E-state index is 0.115. The van der Waals surface area contributed by atoms with Crippen molar-refractivity contribution in [1.82, 2.24) is 0 Å². The average Bonchev–Trinajstić information content (AvgIpc) is 2.20. The zero-order chi connectivity index (χ0) is 12.3. The topological polar surface area (TPSA) is 131 Å². The number of benzene rings is 1. The molecule has 1 aromatic carbocycles. The Bertz CT molecular complexity index is 432. The van der Waals surface area contributed by atoms with Crippen LogP contribution in [0.15, 0.2) is 18.2 Å². The Hall–Kier alpha value is -2.15. The molecule has 7 heteroatoms. The maximum absolute atomic E-state index is 10.5. The minimum atomic E-state index is -1.37. The lowest BCUT2D eigenvalue weighted by atomic mass is 10.0. The fourth-order valence-corrected chi connectivity index (χ4v) is 1.20. The van der Waals surface area contributed by atoms with Crippen molar-refractivity contribution in [1.29, 1.82) is 0 Å². The van der Waals surface area contributed by atoms with E-state index in [-0.39, 0.29) is 23.4 Å². The van der Waals surface area contributed by atoms with Gasteiger partial charge in [-0.25, -0.2) is 0 Å². The molecular formula is C9H10N2O5. The van der Waals surface area contributed by atoms with Gasteiger partial charge < -0.3 is 20.7 Å². The molecule has 0 radical (unpaired) electrons. The number of carbonyl (C=O) groups excluding carboxylic acids is 1. The van der Waals surface area contributed by atoms with Crippen molar-refractivity contribution < 1.29 is 25.7 Å². The van der Waals surface area contributed by atoms with Crippen molar-refractivity contribution >= 4 is 11.7 Å². The lowest BCUT2D eigenvalue weighted by Gasteiger charge is -2.10. The second-order valence-electron chi connectivity index (χ2n) is 3.29. The summed E-state index contributed by atoms with van der Waals surface area (Å²) in [5.41, 5.74) is 3.26. The molecule has 0 aromatic heterocycles. The SMILES string of the molecule is [NH3+]C(Cc1cc([N+](=O)[O-])ccc1O)C(=O)[O-]. The fourth-order valence-electron chi connectivity index (χ4n) is 1.20. The Morgan fingerprint density at radius 1 is 1.56 bits per heavy atom. The van der Waals surface area contributed by atoms with E-state index in [0.29, 0.717) is 0 Å². The highest BCUT2D eigenvalue weighted by molar-refractivity contribution is 5.70. The highest BCUT2D eigenvalue weighted by Crippen LogP contribution is 2.23. The van der Waals surface area contributed by atoms with E-state index < -0.39 is 16.9 Å². The number of hydrogen-bond donors (Lipinski definition) is 2. The number of non-ortho nitro benzene ring substituents is 1. The van der Waals surface area contributed by atoms with E-state index in [2.05, 4.69) is 5.73 Å². The van der Waals surface area contributed by atoms with Crippen LogP contribution >= 0.6 is 0 Å². The number of nitrogens with zero attached hydrogens (tertiary/aromatic N) is 1. The first-order valence-electron chi connectivity index (χ1n) is 4.42. The molecule has 0 spiro atoms. The van der Waals surface area contributed by atoms with Crippen molar-refractivity contribution in [2.24, 2.45) is 0 Å². The maximum Gasteiger partial charge on any atom is 0.269 e. The number of carboxylic acid groups (broad SMARTS) is 1. The molecule has 0 bridgehead atoms. The van der Waals surface area contributed by atoms with Crippen LogP contribution in [-0.4, -0.2) is 22.0 Å². The van der Waals surface area contributed by atoms with Crippen LogP contribution in [0.2, 0.25) is 0 Å². The Balaban J connectivity index is 2.98. The van der Waals surface area contributed by atoms with E-state index in [1.807, 2.05) is 0 Å². The summed E-state index contributed by atoms with van der Waals surface area (Å²) in [5.74, 6) is -1.56. The summed E-state index contributed by atoms with van der Waals surface area (Å²) < 4.78 is 0. The smallest absolute Gasteiger partial charge is 0.269 e. The van der Waals surface area contributed by atoms with Crippen LogP contribution in [-0.2, 0) is 11.2 Å². The molecule has 0 saturated carbocycles. The number of aromatic hydroxyl groups is 1. The van der Waals surface area contributed by atoms with Gasteiger partial charge >= 0.3 is 0 Å². The van der Waals surface area contributed by atoms with Gasteiger partial charge in [0.05, 0.1) is 10.9 Å². The molecule has 0 aliphatic rings. The van der Waals surface area contributed by atoms with Crippen molar-refractivity contribution in [3.8, 4) is 5.75 Å². The number of hydrogen-bond acceptors (Lipinski definition) is 5. The zero-order valence-corrected chi connectivity index (χ0v) is 8.25. The molecule has 0 amide bonds. The van der Waals surface area contributed by atoms with E-state index >= 15 is 0 Å². The monoisotopic (exact) mass is 226 g/mol. The number of nitro groups is 1. The highest BCUT2D eigenvalue weighted by atomic mass is 16.6. The quantitative estimate of drug-likeness (QED) is 0.462. The van der Waals surface area contributed by atoms with Crippen LogP contribution in [0, 0.1) is 10.1 Å². The van der Waals surface area contributed by atoms with Crippen LogP contribution in [0.25, 0.3) is 0 Å². The summed E-state index contributed by atoms with van der Waals surface area (Å²) >= 11 is 0. The molecule has 1 atom stereocenters. The number of carbonyl (C=O) groups is 1. The number of quaternary nitrogens is 1. The summed E-state index contributed by atoms with van der Waals surface area (Å²) in [6, 6.07) is 2.34. The third-order valence-electron chi connectivity index (χ3n) is 2.07. The molecule has 1 unspecified atom stereocenters. The van der Waals surface area contributed by atoms with Gasteiger partial charge in [0.15, 0.2) is 0 Å². The Morgan fingerprint density at radius 3 is 2.69 bits per heavy atom. The first kappa shape index (κ1) is 11.9. The van der Waals surface area contributed by atoms with Crippen molar-refractivity contribution in [3.05, 3.63) is 33.9 Å². The molecule has 0 heterocycles. The van der Waals surface area contributed by atoms with E-state index in [0.717, 1.165) is 18.2 Å². The van der Waals surface area contributed by atoms with Gasteiger partial charge in [-0.3, -0.25) is 10.1 Å². The van der Waals surface area contributed by atoms with Crippen molar-refractivity contribution in [2.75, 3.05) is 0 Å². The van der Waals surface area contributed by atoms with E-state index in [9.17, 15) is 25.1 Å². The van der Waals surface area contributed by atoms with Gasteiger partial charge in [-0.05, 0) is 6.07 Å². The largest absolute Gasteiger partial charge is 0.544 e. The normalized spacial score (nSPS) is 12.1. The molecular weight excluding hydrogens is 216 g/mol. The first-order valence-corrected chi connectivity index (χ1v) is 4.42. The lowest BCUT2D eigenvalue weighted by Crippen LogP contribution is -2.69. The van der Waals surface area contributed by atoms with Gasteiger partial charge in [0, 0.05) is 24.1 Å². The Labute approximate surface area is 90.3 Å². The first-order chi connectivity index (χ1) is 7.41. The van der Waals surface area contributed by atoms with Gasteiger partial charge in [-0.2, -0.15) is 0 Å². The molecule has 7 nitrogen and oxygen atoms in total. The van der Waals surface area contributed by atoms with Gasteiger partial charge in [-0.1, -0.05) is 0 Å². The summed E-state index contributed by atoms with van der Waals surface area (Å²) in [6.45, 7) is 0. The number of aliphatic carboxylic acids is 1. The van der Waals surface area contributed by atoms with Gasteiger partial charge in [0.1, 0.15) is 11.8 Å². The summed E-state index contributed by atoms with van der Waals surface area (Å²) in [6.07, 6.45) is -0.115. The standard InChI is InChI=1S/C9H10N2O5/c10-7(9(13)14)4-5-3-6(11(15)16)1-2-8(5)12/h1-3,7,12H,4,10H2,(H,13,14). The predicted molar refractivity (Wildman–Crippen MR) is 50.1 cm³/mol. The third-order valence-corrected chi connectivity index (χ3v) is 2.07. The van der Waals surface area contributed by atoms with Gasteiger partial charge in [0.2, 0.25) is 0 Å². The summed E-state index contributed by atoms with van der Waals surface area (Å²) in [7, 11) is 0. The van der Waals surface area contributed by atoms with E-state index in [1.54, 1.807) is 0 Å². The molecule has 86 valence electrons. The van der Waals surface area contributed by atoms with Crippen LogP contribution < -0.4 is 10.8 Å². The molecule has 16 heavy (non-hydrogen) atoms. The number of rotatable bonds is 4. The Kier molecular flexibility index (Phi) is 3.41. The number of nitro benzene ring substituents is 1. The fraction of sp³-hybridized carbons (Fsp3) is 0.222. The second-order valence-corrected chi connectivity index (χ2v) is 3.29. The lowest BCUT2D eigenvalue weighted by molar-refractivity contribution is -0.437. The maximum atomic E-state index is 10.5. The summed E-state index contributed by atoms with van der Waals surface area (Å²) in [5, 5.41) is 30.3. The van der Waals surface area contributed by atoms with Crippen LogP contribution in [0.3, 0.4) is 0 Å². The molecule has 0 aliphatic carbocycles. The molecule has 1 rings (SSSR count). The minimum Gasteiger partial charge on any atom is -0.544 e. The zero-order valence-electron chi connectivity index (χ0n) is 8.25. The van der Waals surface area contributed by atoms with E-state index in [4.69, 9.17) is 0 Å². The molecule has 0 aliphatic heterocycles. The average molecular weight is 226 g/mol. The van der Waals surface area contributed by atoms with Gasteiger partial charge in [-0.15, -0.1) is 0 Å². The molecule has 0 saturated heterocycles. The second kappa shape index (κ2) is 4.58. The number of carboxylic acids is 1. The molecule has 4 N–H and O–H groups in total. The number of phenolic OH excluding ortho intramolecular Hbond substituents is 1. The van der Waals surface area contributed by atoms with Crippen LogP contribution in [0.1, 0.15) is 5.56 Å². The Morgan fingerprint density at radius 2 is 2.19 bits per heavy atom. The van der Waals surface area contributed by atoms with Gasteiger partial charge in [0.25, 0.3) is 5.69 Å². The number of phenols is 1. The third kappa shape index (κ3) is 2.67.